The fourth-order valence-electron chi connectivity index (χ4n) is 4.48. The number of pyridine rings is 1. The molecular formula is C23H26N6O. The van der Waals surface area contributed by atoms with Gasteiger partial charge in [-0.3, -0.25) is 4.79 Å². The Morgan fingerprint density at radius 1 is 1.17 bits per heavy atom. The molecule has 0 bridgehead atoms. The zero-order chi connectivity index (χ0) is 20.7. The highest BCUT2D eigenvalue weighted by Crippen LogP contribution is 2.55. The third-order valence-electron chi connectivity index (χ3n) is 6.26. The molecule has 1 aliphatic heterocycles. The second-order valence-electron chi connectivity index (χ2n) is 8.68. The SMILES string of the molecule is Cc1ccc(-n2nccn2)c(C(=O)N2CC3(CC3)CC2CNc2cccc(C)n2)c1. The van der Waals surface area contributed by atoms with E-state index in [0.29, 0.717) is 17.5 Å². The van der Waals surface area contributed by atoms with Crippen LogP contribution >= 0.6 is 0 Å². The van der Waals surface area contributed by atoms with E-state index in [1.165, 1.54) is 17.6 Å². The van der Waals surface area contributed by atoms with Crippen molar-refractivity contribution in [2.24, 2.45) is 5.41 Å². The third kappa shape index (κ3) is 3.56. The zero-order valence-electron chi connectivity index (χ0n) is 17.4. The standard InChI is InChI=1S/C23H26N6O/c1-16-6-7-20(29-25-10-11-26-29)19(12-16)22(30)28-15-23(8-9-23)13-18(28)14-24-21-5-3-4-17(2)27-21/h3-7,10-12,18H,8-9,13-15H2,1-2H3,(H,24,27). The van der Waals surface area contributed by atoms with E-state index in [-0.39, 0.29) is 11.9 Å². The maximum atomic E-state index is 13.7. The summed E-state index contributed by atoms with van der Waals surface area (Å²) in [6, 6.07) is 12.0. The number of amides is 1. The quantitative estimate of drug-likeness (QED) is 0.708. The molecule has 1 atom stereocenters. The molecule has 7 heteroatoms. The Morgan fingerprint density at radius 3 is 2.70 bits per heavy atom. The fraction of sp³-hybridized carbons (Fsp3) is 0.391. The molecule has 1 aromatic carbocycles. The van der Waals surface area contributed by atoms with Crippen LogP contribution in [0.15, 0.2) is 48.8 Å². The Bertz CT molecular complexity index is 1070. The molecule has 1 saturated heterocycles. The summed E-state index contributed by atoms with van der Waals surface area (Å²) in [6.07, 6.45) is 6.71. The van der Waals surface area contributed by atoms with Gasteiger partial charge in [-0.05, 0) is 62.8 Å². The van der Waals surface area contributed by atoms with E-state index in [2.05, 4.69) is 25.4 Å². The molecule has 1 amide bonds. The van der Waals surface area contributed by atoms with Crippen LogP contribution in [0.2, 0.25) is 0 Å². The second kappa shape index (κ2) is 7.23. The molecule has 1 spiro atoms. The van der Waals surface area contributed by atoms with Gasteiger partial charge in [-0.15, -0.1) is 0 Å². The molecule has 5 rings (SSSR count). The number of hydrogen-bond donors (Lipinski definition) is 1. The van der Waals surface area contributed by atoms with Crippen molar-refractivity contribution in [2.45, 2.75) is 39.2 Å². The molecule has 1 aliphatic carbocycles. The summed E-state index contributed by atoms with van der Waals surface area (Å²) in [5.41, 5.74) is 3.71. The fourth-order valence-corrected chi connectivity index (χ4v) is 4.48. The number of benzene rings is 1. The van der Waals surface area contributed by atoms with Crippen molar-refractivity contribution < 1.29 is 4.79 Å². The van der Waals surface area contributed by atoms with Gasteiger partial charge in [0.05, 0.1) is 23.6 Å². The summed E-state index contributed by atoms with van der Waals surface area (Å²) in [4.78, 5) is 21.8. The second-order valence-corrected chi connectivity index (χ2v) is 8.68. The number of carbonyl (C=O) groups is 1. The van der Waals surface area contributed by atoms with E-state index < -0.39 is 0 Å². The molecule has 0 radical (unpaired) electrons. The summed E-state index contributed by atoms with van der Waals surface area (Å²) >= 11 is 0. The van der Waals surface area contributed by atoms with Gasteiger partial charge in [0.25, 0.3) is 5.91 Å². The minimum atomic E-state index is 0.0544. The van der Waals surface area contributed by atoms with Gasteiger partial charge >= 0.3 is 0 Å². The Labute approximate surface area is 176 Å². The number of rotatable bonds is 5. The minimum Gasteiger partial charge on any atom is -0.368 e. The predicted molar refractivity (Wildman–Crippen MR) is 115 cm³/mol. The molecule has 3 aromatic rings. The number of likely N-dealkylation sites (tertiary alicyclic amines) is 1. The van der Waals surface area contributed by atoms with Gasteiger partial charge in [-0.2, -0.15) is 15.0 Å². The lowest BCUT2D eigenvalue weighted by Gasteiger charge is -2.26. The summed E-state index contributed by atoms with van der Waals surface area (Å²) < 4.78 is 0. The molecule has 2 aliphatic rings. The first kappa shape index (κ1) is 18.8. The van der Waals surface area contributed by atoms with E-state index in [1.807, 2.05) is 50.2 Å². The van der Waals surface area contributed by atoms with Crippen LogP contribution in [0, 0.1) is 19.3 Å². The number of anilines is 1. The molecule has 154 valence electrons. The van der Waals surface area contributed by atoms with Crippen molar-refractivity contribution in [1.29, 1.82) is 0 Å². The highest BCUT2D eigenvalue weighted by atomic mass is 16.2. The number of nitrogens with one attached hydrogen (secondary N) is 1. The van der Waals surface area contributed by atoms with Crippen LogP contribution in [-0.4, -0.2) is 49.9 Å². The number of nitrogens with zero attached hydrogens (tertiary/aromatic N) is 5. The van der Waals surface area contributed by atoms with Crippen molar-refractivity contribution >= 4 is 11.7 Å². The number of hydrogen-bond acceptors (Lipinski definition) is 5. The van der Waals surface area contributed by atoms with Crippen LogP contribution in [0.5, 0.6) is 0 Å². The zero-order valence-corrected chi connectivity index (χ0v) is 17.4. The minimum absolute atomic E-state index is 0.0544. The Hall–Kier alpha value is -3.22. The molecule has 2 aromatic heterocycles. The van der Waals surface area contributed by atoms with Gasteiger partial charge in [-0.25, -0.2) is 4.98 Å². The first-order chi connectivity index (χ1) is 14.5. The van der Waals surface area contributed by atoms with Crippen molar-refractivity contribution in [3.63, 3.8) is 0 Å². The van der Waals surface area contributed by atoms with Crippen LogP contribution in [0.4, 0.5) is 5.82 Å². The predicted octanol–water partition coefficient (Wildman–Crippen LogP) is 3.39. The van der Waals surface area contributed by atoms with E-state index >= 15 is 0 Å². The lowest BCUT2D eigenvalue weighted by atomic mass is 10.0. The highest BCUT2D eigenvalue weighted by molar-refractivity contribution is 5.98. The number of aromatic nitrogens is 4. The summed E-state index contributed by atoms with van der Waals surface area (Å²) in [7, 11) is 0. The molecule has 1 saturated carbocycles. The van der Waals surface area contributed by atoms with Crippen LogP contribution < -0.4 is 5.32 Å². The van der Waals surface area contributed by atoms with Crippen molar-refractivity contribution in [3.05, 3.63) is 65.6 Å². The normalized spacial score (nSPS) is 19.3. The van der Waals surface area contributed by atoms with Crippen LogP contribution in [0.3, 0.4) is 0 Å². The molecule has 1 N–H and O–H groups in total. The smallest absolute Gasteiger partial charge is 0.256 e. The summed E-state index contributed by atoms with van der Waals surface area (Å²) in [5, 5.41) is 11.9. The van der Waals surface area contributed by atoms with E-state index in [0.717, 1.165) is 35.7 Å². The number of carbonyl (C=O) groups excluding carboxylic acids is 1. The third-order valence-corrected chi connectivity index (χ3v) is 6.26. The van der Waals surface area contributed by atoms with E-state index in [4.69, 9.17) is 0 Å². The molecule has 30 heavy (non-hydrogen) atoms. The lowest BCUT2D eigenvalue weighted by Crippen LogP contribution is -2.40. The topological polar surface area (TPSA) is 75.9 Å². The van der Waals surface area contributed by atoms with Crippen LogP contribution in [-0.2, 0) is 0 Å². The first-order valence-corrected chi connectivity index (χ1v) is 10.5. The lowest BCUT2D eigenvalue weighted by molar-refractivity contribution is 0.0737. The molecule has 1 unspecified atom stereocenters. The van der Waals surface area contributed by atoms with Gasteiger partial charge < -0.3 is 10.2 Å². The van der Waals surface area contributed by atoms with Crippen LogP contribution in [0.25, 0.3) is 5.69 Å². The van der Waals surface area contributed by atoms with Crippen molar-refractivity contribution in [3.8, 4) is 5.69 Å². The molecular weight excluding hydrogens is 376 g/mol. The maximum absolute atomic E-state index is 13.7. The Morgan fingerprint density at radius 2 is 1.97 bits per heavy atom. The molecule has 7 nitrogen and oxygen atoms in total. The number of aryl methyl sites for hydroxylation is 2. The average Bonchev–Trinajstić information content (AvgIpc) is 3.13. The van der Waals surface area contributed by atoms with Gasteiger partial charge in [0.15, 0.2) is 0 Å². The average molecular weight is 403 g/mol. The first-order valence-electron chi connectivity index (χ1n) is 10.5. The van der Waals surface area contributed by atoms with Crippen LogP contribution in [0.1, 0.15) is 40.9 Å². The van der Waals surface area contributed by atoms with Crippen molar-refractivity contribution in [1.82, 2.24) is 24.9 Å². The van der Waals surface area contributed by atoms with E-state index in [9.17, 15) is 4.79 Å². The highest BCUT2D eigenvalue weighted by Gasteiger charge is 2.53. The van der Waals surface area contributed by atoms with E-state index in [1.54, 1.807) is 12.4 Å². The van der Waals surface area contributed by atoms with Crippen molar-refractivity contribution in [2.75, 3.05) is 18.4 Å². The Balaban J connectivity index is 1.42. The van der Waals surface area contributed by atoms with Gasteiger partial charge in [0.1, 0.15) is 5.82 Å². The molecule has 2 fully saturated rings. The maximum Gasteiger partial charge on any atom is 0.256 e. The van der Waals surface area contributed by atoms with Gasteiger partial charge in [0.2, 0.25) is 0 Å². The van der Waals surface area contributed by atoms with Gasteiger partial charge in [0, 0.05) is 24.8 Å². The van der Waals surface area contributed by atoms with Gasteiger partial charge in [-0.1, -0.05) is 17.7 Å². The largest absolute Gasteiger partial charge is 0.368 e. The monoisotopic (exact) mass is 402 g/mol. The summed E-state index contributed by atoms with van der Waals surface area (Å²) in [5.74, 6) is 0.912. The molecule has 3 heterocycles. The summed E-state index contributed by atoms with van der Waals surface area (Å²) in [6.45, 7) is 5.51. The Kier molecular flexibility index (Phi) is 4.53.